The molecule has 3 heterocycles. The Morgan fingerprint density at radius 2 is 1.92 bits per heavy atom. The maximum Gasteiger partial charge on any atom is 0.292 e. The fourth-order valence-electron chi connectivity index (χ4n) is 4.14. The lowest BCUT2D eigenvalue weighted by molar-refractivity contribution is -0.0867. The lowest BCUT2D eigenvalue weighted by Crippen LogP contribution is -2.48. The van der Waals surface area contributed by atoms with E-state index in [1.165, 1.54) is 12.8 Å². The smallest absolute Gasteiger partial charge is 0.292 e. The number of aromatic nitrogens is 3. The van der Waals surface area contributed by atoms with Crippen LogP contribution in [-0.4, -0.2) is 44.8 Å². The highest BCUT2D eigenvalue weighted by atomic mass is 16.5. The molecule has 0 spiro atoms. The van der Waals surface area contributed by atoms with Crippen molar-refractivity contribution in [2.24, 2.45) is 5.92 Å². The molecule has 6 heteroatoms. The van der Waals surface area contributed by atoms with Gasteiger partial charge in [-0.25, -0.2) is 0 Å². The third-order valence-electron chi connectivity index (χ3n) is 5.78. The molecule has 2 fully saturated rings. The molecule has 2 aliphatic heterocycles. The van der Waals surface area contributed by atoms with E-state index in [2.05, 4.69) is 22.3 Å². The summed E-state index contributed by atoms with van der Waals surface area (Å²) in [5.74, 6) is 2.04. The fraction of sp³-hybridized carbons (Fsp3) is 0.550. The van der Waals surface area contributed by atoms with E-state index in [0.29, 0.717) is 24.8 Å². The van der Waals surface area contributed by atoms with Crippen LogP contribution in [0.3, 0.4) is 0 Å². The van der Waals surface area contributed by atoms with Gasteiger partial charge in [-0.05, 0) is 37.2 Å². The Labute approximate surface area is 153 Å². The maximum absolute atomic E-state index is 13.2. The quantitative estimate of drug-likeness (QED) is 0.852. The number of benzene rings is 1. The number of fused-ring (bicyclic) bond motifs is 1. The number of carbonyl (C=O) groups excluding carboxylic acids is 1. The number of morpholine rings is 1. The molecule has 3 aliphatic rings. The van der Waals surface area contributed by atoms with Crippen LogP contribution in [-0.2, 0) is 17.7 Å². The lowest BCUT2D eigenvalue weighted by Gasteiger charge is -2.38. The molecule has 5 rings (SSSR count). The summed E-state index contributed by atoms with van der Waals surface area (Å²) in [5.41, 5.74) is 1.14. The van der Waals surface area contributed by atoms with E-state index in [9.17, 15) is 4.79 Å². The second-order valence-electron chi connectivity index (χ2n) is 7.67. The number of amides is 1. The van der Waals surface area contributed by atoms with Gasteiger partial charge in [-0.2, -0.15) is 0 Å². The zero-order chi connectivity index (χ0) is 17.5. The summed E-state index contributed by atoms with van der Waals surface area (Å²) in [6, 6.07) is 10.2. The Balaban J connectivity index is 1.41. The van der Waals surface area contributed by atoms with Crippen LogP contribution in [0.2, 0.25) is 0 Å². The first-order valence-corrected chi connectivity index (χ1v) is 9.71. The highest BCUT2D eigenvalue weighted by molar-refractivity contribution is 5.91. The Morgan fingerprint density at radius 1 is 1.08 bits per heavy atom. The van der Waals surface area contributed by atoms with E-state index in [-0.39, 0.29) is 18.1 Å². The number of hydrogen-bond acceptors (Lipinski definition) is 4. The van der Waals surface area contributed by atoms with Crippen LogP contribution < -0.4 is 0 Å². The van der Waals surface area contributed by atoms with Crippen molar-refractivity contribution in [1.82, 2.24) is 19.7 Å². The molecule has 1 amide bonds. The van der Waals surface area contributed by atoms with Gasteiger partial charge in [-0.15, -0.1) is 10.2 Å². The van der Waals surface area contributed by atoms with E-state index in [4.69, 9.17) is 4.74 Å². The molecule has 2 atom stereocenters. The molecule has 6 nitrogen and oxygen atoms in total. The Morgan fingerprint density at radius 3 is 2.73 bits per heavy atom. The SMILES string of the molecule is O=C(c1nnc2n1CCCC2)N1C[C@@H](c2ccccc2)O[C@@H](C2CC2)C1. The standard InChI is InChI=1S/C20H24N4O2/c25-20(19-22-21-18-8-4-5-11-24(18)19)23-12-16(14-6-2-1-3-7-14)26-17(13-23)15-9-10-15/h1-3,6-7,15-17H,4-5,8-13H2/t16-,17+/m0/s1. The van der Waals surface area contributed by atoms with E-state index >= 15 is 0 Å². The molecule has 1 aromatic carbocycles. The maximum atomic E-state index is 13.2. The first kappa shape index (κ1) is 16.0. The normalized spacial score (nSPS) is 25.8. The molecule has 0 radical (unpaired) electrons. The average Bonchev–Trinajstić information content (AvgIpc) is 3.47. The van der Waals surface area contributed by atoms with Crippen molar-refractivity contribution < 1.29 is 9.53 Å². The molecule has 26 heavy (non-hydrogen) atoms. The van der Waals surface area contributed by atoms with Crippen LogP contribution in [0.5, 0.6) is 0 Å². The molecule has 1 saturated heterocycles. The fourth-order valence-corrected chi connectivity index (χ4v) is 4.14. The van der Waals surface area contributed by atoms with Gasteiger partial charge in [0, 0.05) is 19.5 Å². The molecule has 0 bridgehead atoms. The van der Waals surface area contributed by atoms with Gasteiger partial charge in [0.05, 0.1) is 12.6 Å². The molecule has 2 aromatic rings. The van der Waals surface area contributed by atoms with Gasteiger partial charge in [0.2, 0.25) is 5.82 Å². The molecular formula is C20H24N4O2. The second-order valence-corrected chi connectivity index (χ2v) is 7.67. The van der Waals surface area contributed by atoms with Gasteiger partial charge in [0.15, 0.2) is 0 Å². The number of hydrogen-bond donors (Lipinski definition) is 0. The van der Waals surface area contributed by atoms with E-state index in [1.807, 2.05) is 27.7 Å². The number of ether oxygens (including phenoxy) is 1. The number of rotatable bonds is 3. The molecular weight excluding hydrogens is 328 g/mol. The monoisotopic (exact) mass is 352 g/mol. The van der Waals surface area contributed by atoms with Crippen molar-refractivity contribution in [2.45, 2.75) is 50.9 Å². The Kier molecular flexibility index (Phi) is 4.00. The van der Waals surface area contributed by atoms with E-state index < -0.39 is 0 Å². The highest BCUT2D eigenvalue weighted by Gasteiger charge is 2.41. The van der Waals surface area contributed by atoms with Crippen molar-refractivity contribution in [3.8, 4) is 0 Å². The summed E-state index contributed by atoms with van der Waals surface area (Å²) in [4.78, 5) is 15.2. The molecule has 1 aliphatic carbocycles. The summed E-state index contributed by atoms with van der Waals surface area (Å²) in [7, 11) is 0. The minimum atomic E-state index is -0.0664. The number of nitrogens with zero attached hydrogens (tertiary/aromatic N) is 4. The van der Waals surface area contributed by atoms with Gasteiger partial charge in [0.25, 0.3) is 5.91 Å². The van der Waals surface area contributed by atoms with Crippen molar-refractivity contribution in [2.75, 3.05) is 13.1 Å². The first-order chi connectivity index (χ1) is 12.8. The van der Waals surface area contributed by atoms with Crippen LogP contribution in [0.4, 0.5) is 0 Å². The average molecular weight is 352 g/mol. The van der Waals surface area contributed by atoms with Crippen LogP contribution in [0.25, 0.3) is 0 Å². The van der Waals surface area contributed by atoms with Gasteiger partial charge < -0.3 is 14.2 Å². The lowest BCUT2D eigenvalue weighted by atomic mass is 10.0. The van der Waals surface area contributed by atoms with Crippen LogP contribution in [0.1, 0.15) is 53.8 Å². The zero-order valence-electron chi connectivity index (χ0n) is 14.9. The van der Waals surface area contributed by atoms with Crippen molar-refractivity contribution in [3.63, 3.8) is 0 Å². The molecule has 1 saturated carbocycles. The number of aryl methyl sites for hydroxylation is 1. The molecule has 0 N–H and O–H groups in total. The predicted molar refractivity (Wildman–Crippen MR) is 95.6 cm³/mol. The van der Waals surface area contributed by atoms with Crippen molar-refractivity contribution >= 4 is 5.91 Å². The topological polar surface area (TPSA) is 60.2 Å². The third kappa shape index (κ3) is 2.92. The predicted octanol–water partition coefficient (Wildman–Crippen LogP) is 2.61. The Hall–Kier alpha value is -2.21. The molecule has 136 valence electrons. The van der Waals surface area contributed by atoms with Gasteiger partial charge in [-0.3, -0.25) is 4.79 Å². The summed E-state index contributed by atoms with van der Waals surface area (Å²) in [6.45, 7) is 2.09. The molecule has 0 unspecified atom stereocenters. The third-order valence-corrected chi connectivity index (χ3v) is 5.78. The minimum Gasteiger partial charge on any atom is -0.366 e. The van der Waals surface area contributed by atoms with Crippen LogP contribution in [0.15, 0.2) is 30.3 Å². The van der Waals surface area contributed by atoms with Crippen LogP contribution in [0, 0.1) is 5.92 Å². The van der Waals surface area contributed by atoms with Gasteiger partial charge >= 0.3 is 0 Å². The van der Waals surface area contributed by atoms with Gasteiger partial charge in [-0.1, -0.05) is 30.3 Å². The van der Waals surface area contributed by atoms with E-state index in [1.54, 1.807) is 0 Å². The summed E-state index contributed by atoms with van der Waals surface area (Å²) in [6.07, 6.45) is 5.60. The van der Waals surface area contributed by atoms with E-state index in [0.717, 1.165) is 37.2 Å². The molecule has 1 aromatic heterocycles. The summed E-state index contributed by atoms with van der Waals surface area (Å²) in [5, 5.41) is 8.49. The minimum absolute atomic E-state index is 0.000492. The summed E-state index contributed by atoms with van der Waals surface area (Å²) < 4.78 is 8.39. The largest absolute Gasteiger partial charge is 0.366 e. The summed E-state index contributed by atoms with van der Waals surface area (Å²) >= 11 is 0. The van der Waals surface area contributed by atoms with Gasteiger partial charge in [0.1, 0.15) is 11.9 Å². The number of carbonyl (C=O) groups is 1. The Bertz CT molecular complexity index is 799. The van der Waals surface area contributed by atoms with Crippen LogP contribution >= 0.6 is 0 Å². The second kappa shape index (κ2) is 6.50. The van der Waals surface area contributed by atoms with Crippen molar-refractivity contribution in [3.05, 3.63) is 47.5 Å². The first-order valence-electron chi connectivity index (χ1n) is 9.71. The van der Waals surface area contributed by atoms with Crippen molar-refractivity contribution in [1.29, 1.82) is 0 Å². The highest BCUT2D eigenvalue weighted by Crippen LogP contribution is 2.39. The zero-order valence-corrected chi connectivity index (χ0v) is 14.9.